The van der Waals surface area contributed by atoms with Crippen LogP contribution in [0.3, 0.4) is 0 Å². The Balaban J connectivity index is 4.13. The minimum atomic E-state index is -0.301. The molecule has 0 aliphatic heterocycles. The fourth-order valence-corrected chi connectivity index (χ4v) is 1.99. The van der Waals surface area contributed by atoms with Gasteiger partial charge in [-0.3, -0.25) is 0 Å². The second-order valence-electron chi connectivity index (χ2n) is 6.29. The van der Waals surface area contributed by atoms with Crippen molar-refractivity contribution in [2.75, 3.05) is 39.6 Å². The minimum Gasteiger partial charge on any atom is -0.371 e. The summed E-state index contributed by atoms with van der Waals surface area (Å²) < 4.78 is 28.9. The summed E-state index contributed by atoms with van der Waals surface area (Å²) in [7, 11) is 0. The molecule has 0 bridgehead atoms. The van der Waals surface area contributed by atoms with Crippen molar-refractivity contribution in [3.05, 3.63) is 0 Å². The van der Waals surface area contributed by atoms with Crippen LogP contribution in [-0.2, 0) is 23.7 Å². The Morgan fingerprint density at radius 1 is 0.480 bits per heavy atom. The average molecular weight is 363 g/mol. The molecule has 0 rings (SSSR count). The summed E-state index contributed by atoms with van der Waals surface area (Å²) in [5, 5.41) is 0. The Labute approximate surface area is 155 Å². The summed E-state index contributed by atoms with van der Waals surface area (Å²) in [4.78, 5) is 0. The average Bonchev–Trinajstić information content (AvgIpc) is 2.61. The molecule has 5 nitrogen and oxygen atoms in total. The first kappa shape index (κ1) is 24.8. The summed E-state index contributed by atoms with van der Waals surface area (Å²) in [5.74, 6) is 0. The van der Waals surface area contributed by atoms with Gasteiger partial charge in [0.1, 0.15) is 0 Å². The maximum atomic E-state index is 5.78. The molecule has 0 aromatic rings. The maximum Gasteiger partial charge on any atom is 0.180 e. The lowest BCUT2D eigenvalue weighted by Crippen LogP contribution is -2.30. The van der Waals surface area contributed by atoms with Gasteiger partial charge in [-0.05, 0) is 25.7 Å². The first-order chi connectivity index (χ1) is 12.3. The molecule has 0 radical (unpaired) electrons. The van der Waals surface area contributed by atoms with E-state index in [1.54, 1.807) is 0 Å². The molecule has 0 N–H and O–H groups in total. The number of hydrogen-bond acceptors (Lipinski definition) is 5. The van der Waals surface area contributed by atoms with Gasteiger partial charge in [0, 0.05) is 26.4 Å². The van der Waals surface area contributed by atoms with Crippen LogP contribution in [0.5, 0.6) is 0 Å². The SMILES string of the molecule is CCCCOC(COCC(OCCCC)OCCCC)OCCCC. The highest BCUT2D eigenvalue weighted by atomic mass is 16.7. The zero-order valence-corrected chi connectivity index (χ0v) is 17.1. The second kappa shape index (κ2) is 20.1. The highest BCUT2D eigenvalue weighted by Crippen LogP contribution is 2.05. The molecule has 0 fully saturated rings. The van der Waals surface area contributed by atoms with E-state index in [9.17, 15) is 0 Å². The first-order valence-electron chi connectivity index (χ1n) is 10.3. The van der Waals surface area contributed by atoms with Gasteiger partial charge in [0.15, 0.2) is 12.6 Å². The van der Waals surface area contributed by atoms with E-state index in [1.807, 2.05) is 0 Å². The van der Waals surface area contributed by atoms with Crippen molar-refractivity contribution in [1.82, 2.24) is 0 Å². The second-order valence-corrected chi connectivity index (χ2v) is 6.29. The van der Waals surface area contributed by atoms with Gasteiger partial charge in [-0.2, -0.15) is 0 Å². The predicted octanol–water partition coefficient (Wildman–Crippen LogP) is 4.92. The summed E-state index contributed by atoms with van der Waals surface area (Å²) in [6.07, 6.45) is 8.00. The van der Waals surface area contributed by atoms with Crippen LogP contribution in [0.15, 0.2) is 0 Å². The summed E-state index contributed by atoms with van der Waals surface area (Å²) in [6, 6.07) is 0. The topological polar surface area (TPSA) is 46.2 Å². The molecule has 0 atom stereocenters. The van der Waals surface area contributed by atoms with Crippen LogP contribution in [0.4, 0.5) is 0 Å². The summed E-state index contributed by atoms with van der Waals surface area (Å²) in [6.45, 7) is 12.3. The van der Waals surface area contributed by atoms with Crippen LogP contribution in [0.25, 0.3) is 0 Å². The molecule has 0 saturated heterocycles. The zero-order valence-electron chi connectivity index (χ0n) is 17.1. The lowest BCUT2D eigenvalue weighted by atomic mass is 10.3. The van der Waals surface area contributed by atoms with E-state index in [0.717, 1.165) is 51.4 Å². The third-order valence-corrected chi connectivity index (χ3v) is 3.71. The Morgan fingerprint density at radius 2 is 0.760 bits per heavy atom. The Hall–Kier alpha value is -0.200. The monoisotopic (exact) mass is 362 g/mol. The molecule has 0 aliphatic rings. The minimum absolute atomic E-state index is 0.301. The van der Waals surface area contributed by atoms with Gasteiger partial charge in [-0.15, -0.1) is 0 Å². The molecule has 5 heteroatoms. The van der Waals surface area contributed by atoms with E-state index in [2.05, 4.69) is 27.7 Å². The third-order valence-electron chi connectivity index (χ3n) is 3.71. The van der Waals surface area contributed by atoms with Crippen LogP contribution in [0.1, 0.15) is 79.1 Å². The smallest absolute Gasteiger partial charge is 0.180 e. The summed E-state index contributed by atoms with van der Waals surface area (Å²) in [5.41, 5.74) is 0. The fourth-order valence-electron chi connectivity index (χ4n) is 1.99. The van der Waals surface area contributed by atoms with Crippen molar-refractivity contribution in [3.8, 4) is 0 Å². The largest absolute Gasteiger partial charge is 0.371 e. The molecular weight excluding hydrogens is 320 g/mol. The fraction of sp³-hybridized carbons (Fsp3) is 1.00. The van der Waals surface area contributed by atoms with Crippen LogP contribution >= 0.6 is 0 Å². The molecule has 0 saturated carbocycles. The summed E-state index contributed by atoms with van der Waals surface area (Å²) >= 11 is 0. The van der Waals surface area contributed by atoms with Crippen LogP contribution in [0.2, 0.25) is 0 Å². The van der Waals surface area contributed by atoms with E-state index < -0.39 is 0 Å². The van der Waals surface area contributed by atoms with Crippen molar-refractivity contribution < 1.29 is 23.7 Å². The standard InChI is InChI=1S/C20H42O5/c1-5-9-13-22-19(23-14-10-6-2)17-21-18-20(24-15-11-7-3)25-16-12-8-4/h19-20H,5-18H2,1-4H3. The Kier molecular flexibility index (Phi) is 20.0. The van der Waals surface area contributed by atoms with E-state index in [0.29, 0.717) is 39.6 Å². The maximum absolute atomic E-state index is 5.78. The van der Waals surface area contributed by atoms with Crippen LogP contribution in [0, 0.1) is 0 Å². The first-order valence-corrected chi connectivity index (χ1v) is 10.3. The van der Waals surface area contributed by atoms with Gasteiger partial charge < -0.3 is 23.7 Å². The van der Waals surface area contributed by atoms with Crippen molar-refractivity contribution >= 4 is 0 Å². The lowest BCUT2D eigenvalue weighted by molar-refractivity contribution is -0.207. The van der Waals surface area contributed by atoms with Crippen LogP contribution in [-0.4, -0.2) is 52.2 Å². The van der Waals surface area contributed by atoms with E-state index >= 15 is 0 Å². The highest BCUT2D eigenvalue weighted by Gasteiger charge is 2.14. The van der Waals surface area contributed by atoms with E-state index in [-0.39, 0.29) is 12.6 Å². The van der Waals surface area contributed by atoms with Gasteiger partial charge in [0.2, 0.25) is 0 Å². The number of ether oxygens (including phenoxy) is 5. The van der Waals surface area contributed by atoms with E-state index in [4.69, 9.17) is 23.7 Å². The third kappa shape index (κ3) is 17.0. The van der Waals surface area contributed by atoms with Crippen molar-refractivity contribution in [1.29, 1.82) is 0 Å². The molecule has 0 unspecified atom stereocenters. The Morgan fingerprint density at radius 3 is 1.00 bits per heavy atom. The van der Waals surface area contributed by atoms with Gasteiger partial charge in [0.05, 0.1) is 13.2 Å². The van der Waals surface area contributed by atoms with Gasteiger partial charge in [-0.25, -0.2) is 0 Å². The van der Waals surface area contributed by atoms with Crippen molar-refractivity contribution in [2.24, 2.45) is 0 Å². The van der Waals surface area contributed by atoms with Crippen molar-refractivity contribution in [2.45, 2.75) is 91.6 Å². The Bertz CT molecular complexity index is 206. The molecule has 0 aliphatic carbocycles. The molecule has 0 spiro atoms. The quantitative estimate of drug-likeness (QED) is 0.227. The normalized spacial score (nSPS) is 11.8. The molecule has 25 heavy (non-hydrogen) atoms. The number of unbranched alkanes of at least 4 members (excludes halogenated alkanes) is 4. The molecule has 0 amide bonds. The molecule has 152 valence electrons. The molecule has 0 aromatic carbocycles. The van der Waals surface area contributed by atoms with Gasteiger partial charge in [-0.1, -0.05) is 53.4 Å². The molecule has 0 heterocycles. The predicted molar refractivity (Wildman–Crippen MR) is 102 cm³/mol. The molecular formula is C20H42O5. The number of hydrogen-bond donors (Lipinski definition) is 0. The van der Waals surface area contributed by atoms with E-state index in [1.165, 1.54) is 0 Å². The number of rotatable bonds is 20. The molecule has 0 aromatic heterocycles. The van der Waals surface area contributed by atoms with Gasteiger partial charge >= 0.3 is 0 Å². The lowest BCUT2D eigenvalue weighted by Gasteiger charge is -2.22. The highest BCUT2D eigenvalue weighted by molar-refractivity contribution is 4.49. The zero-order chi connectivity index (χ0) is 18.6. The van der Waals surface area contributed by atoms with Crippen molar-refractivity contribution in [3.63, 3.8) is 0 Å². The van der Waals surface area contributed by atoms with Gasteiger partial charge in [0.25, 0.3) is 0 Å². The van der Waals surface area contributed by atoms with Crippen LogP contribution < -0.4 is 0 Å².